The Balaban J connectivity index is 1.52. The number of hydrogen-bond donors (Lipinski definition) is 1. The minimum Gasteiger partial charge on any atom is -0.350 e. The van der Waals surface area contributed by atoms with Gasteiger partial charge < -0.3 is 5.32 Å². The molecule has 0 saturated carbocycles. The molecule has 0 aliphatic carbocycles. The zero-order valence-electron chi connectivity index (χ0n) is 17.4. The highest BCUT2D eigenvalue weighted by atomic mass is 16.2. The summed E-state index contributed by atoms with van der Waals surface area (Å²) in [4.78, 5) is 38.0. The Bertz CT molecular complexity index is 1390. The van der Waals surface area contributed by atoms with Crippen molar-refractivity contribution in [3.63, 3.8) is 0 Å². The van der Waals surface area contributed by atoms with Crippen LogP contribution in [0.5, 0.6) is 0 Å². The van der Waals surface area contributed by atoms with Crippen LogP contribution in [-0.2, 0) is 17.9 Å². The van der Waals surface area contributed by atoms with E-state index in [0.717, 1.165) is 10.8 Å². The number of amides is 1. The Kier molecular flexibility index (Phi) is 5.62. The maximum absolute atomic E-state index is 12.7. The number of benzene rings is 2. The number of carbonyl (C=O) groups excluding carboxylic acids is 1. The van der Waals surface area contributed by atoms with Gasteiger partial charge in [0.25, 0.3) is 11.1 Å². The molecule has 2 aromatic carbocycles. The second kappa shape index (κ2) is 8.51. The summed E-state index contributed by atoms with van der Waals surface area (Å²) in [6.45, 7) is 3.77. The Morgan fingerprint density at radius 1 is 0.968 bits per heavy atom. The lowest BCUT2D eigenvalue weighted by Gasteiger charge is -2.18. The van der Waals surface area contributed by atoms with E-state index in [1.54, 1.807) is 24.4 Å². The first-order valence-corrected chi connectivity index (χ1v) is 10.2. The van der Waals surface area contributed by atoms with Crippen LogP contribution >= 0.6 is 0 Å². The van der Waals surface area contributed by atoms with Gasteiger partial charge in [0.05, 0.1) is 29.2 Å². The molecule has 0 aliphatic heterocycles. The van der Waals surface area contributed by atoms with Crippen molar-refractivity contribution in [1.29, 1.82) is 0 Å². The van der Waals surface area contributed by atoms with Crippen molar-refractivity contribution < 1.29 is 4.79 Å². The van der Waals surface area contributed by atoms with Crippen LogP contribution in [0.1, 0.15) is 19.0 Å². The molecule has 1 N–H and O–H groups in total. The quantitative estimate of drug-likeness (QED) is 0.517. The van der Waals surface area contributed by atoms with E-state index in [1.165, 1.54) is 9.36 Å². The third-order valence-corrected chi connectivity index (χ3v) is 5.36. The van der Waals surface area contributed by atoms with E-state index >= 15 is 0 Å². The van der Waals surface area contributed by atoms with Gasteiger partial charge in [-0.25, -0.2) is 9.36 Å². The van der Waals surface area contributed by atoms with Crippen LogP contribution in [0.4, 0.5) is 0 Å². The summed E-state index contributed by atoms with van der Waals surface area (Å²) in [5.74, 6) is -0.343. The lowest BCUT2D eigenvalue weighted by molar-refractivity contribution is -0.122. The first-order chi connectivity index (χ1) is 15.0. The minimum atomic E-state index is -0.343. The highest BCUT2D eigenvalue weighted by molar-refractivity contribution is 5.84. The molecular weight excluding hydrogens is 394 g/mol. The lowest BCUT2D eigenvalue weighted by atomic mass is 10.1. The Labute approximate surface area is 178 Å². The summed E-state index contributed by atoms with van der Waals surface area (Å²) in [5, 5.41) is 14.1. The van der Waals surface area contributed by atoms with Gasteiger partial charge in [-0.15, -0.1) is 0 Å². The van der Waals surface area contributed by atoms with Crippen LogP contribution in [-0.4, -0.2) is 31.5 Å². The average molecular weight is 417 g/mol. The van der Waals surface area contributed by atoms with Gasteiger partial charge in [-0.05, 0) is 25.5 Å². The van der Waals surface area contributed by atoms with Gasteiger partial charge in [0.15, 0.2) is 0 Å². The van der Waals surface area contributed by atoms with Crippen LogP contribution < -0.4 is 16.4 Å². The first kappa shape index (κ1) is 20.5. The fourth-order valence-corrected chi connectivity index (χ4v) is 3.66. The van der Waals surface area contributed by atoms with Crippen LogP contribution in [0, 0.1) is 6.92 Å². The highest BCUT2D eigenvalue weighted by Gasteiger charge is 2.16. The molecule has 4 aromatic rings. The molecule has 0 unspecified atom stereocenters. The number of nitrogens with one attached hydrogen (secondary N) is 1. The summed E-state index contributed by atoms with van der Waals surface area (Å²) >= 11 is 0. The summed E-state index contributed by atoms with van der Waals surface area (Å²) in [5.41, 5.74) is 0.174. The van der Waals surface area contributed by atoms with E-state index in [4.69, 9.17) is 0 Å². The van der Waals surface area contributed by atoms with Crippen LogP contribution in [0.15, 0.2) is 64.3 Å². The third-order valence-electron chi connectivity index (χ3n) is 5.36. The van der Waals surface area contributed by atoms with Gasteiger partial charge >= 0.3 is 0 Å². The number of aromatic nitrogens is 4. The van der Waals surface area contributed by atoms with Crippen LogP contribution in [0.3, 0.4) is 0 Å². The third kappa shape index (κ3) is 4.09. The maximum atomic E-state index is 12.7. The van der Waals surface area contributed by atoms with E-state index in [-0.39, 0.29) is 36.2 Å². The molecule has 0 radical (unpaired) electrons. The molecule has 2 aromatic heterocycles. The number of rotatable bonds is 6. The Morgan fingerprint density at radius 2 is 1.61 bits per heavy atom. The van der Waals surface area contributed by atoms with Crippen molar-refractivity contribution in [1.82, 2.24) is 24.9 Å². The second-order valence-electron chi connectivity index (χ2n) is 7.49. The van der Waals surface area contributed by atoms with E-state index in [1.807, 2.05) is 44.2 Å². The first-order valence-electron chi connectivity index (χ1n) is 10.2. The molecule has 8 heteroatoms. The van der Waals surface area contributed by atoms with Crippen molar-refractivity contribution in [2.24, 2.45) is 0 Å². The van der Waals surface area contributed by atoms with Crippen LogP contribution in [0.25, 0.3) is 21.5 Å². The summed E-state index contributed by atoms with van der Waals surface area (Å²) in [7, 11) is 0. The van der Waals surface area contributed by atoms with Gasteiger partial charge in [0, 0.05) is 16.8 Å². The van der Waals surface area contributed by atoms with Gasteiger partial charge in [0.2, 0.25) is 5.91 Å². The lowest BCUT2D eigenvalue weighted by Crippen LogP contribution is -2.43. The smallest absolute Gasteiger partial charge is 0.275 e. The highest BCUT2D eigenvalue weighted by Crippen LogP contribution is 2.11. The molecule has 158 valence electrons. The molecule has 4 rings (SSSR count). The van der Waals surface area contributed by atoms with Crippen molar-refractivity contribution in [3.8, 4) is 0 Å². The molecule has 2 heterocycles. The predicted molar refractivity (Wildman–Crippen MR) is 119 cm³/mol. The zero-order chi connectivity index (χ0) is 22.0. The van der Waals surface area contributed by atoms with E-state index in [9.17, 15) is 14.4 Å². The fourth-order valence-electron chi connectivity index (χ4n) is 3.66. The number of aryl methyl sites for hydroxylation is 1. The van der Waals surface area contributed by atoms with Crippen molar-refractivity contribution in [2.75, 3.05) is 0 Å². The van der Waals surface area contributed by atoms with Gasteiger partial charge in [-0.3, -0.25) is 14.4 Å². The van der Waals surface area contributed by atoms with Gasteiger partial charge in [0.1, 0.15) is 6.54 Å². The number of nitrogens with zero attached hydrogens (tertiary/aromatic N) is 4. The Morgan fingerprint density at radius 3 is 2.35 bits per heavy atom. The molecule has 0 saturated heterocycles. The zero-order valence-corrected chi connectivity index (χ0v) is 17.4. The van der Waals surface area contributed by atoms with Crippen molar-refractivity contribution in [3.05, 3.63) is 81.1 Å². The summed E-state index contributed by atoms with van der Waals surface area (Å²) in [6, 6.07) is 14.2. The maximum Gasteiger partial charge on any atom is 0.275 e. The minimum absolute atomic E-state index is 0.193. The molecule has 31 heavy (non-hydrogen) atoms. The molecular formula is C23H23N5O3. The van der Waals surface area contributed by atoms with Gasteiger partial charge in [-0.1, -0.05) is 43.3 Å². The Hall–Kier alpha value is -3.81. The molecule has 0 bridgehead atoms. The van der Waals surface area contributed by atoms with E-state index in [0.29, 0.717) is 22.9 Å². The number of carbonyl (C=O) groups is 1. The molecule has 1 amide bonds. The summed E-state index contributed by atoms with van der Waals surface area (Å²) < 4.78 is 2.54. The molecule has 0 spiro atoms. The van der Waals surface area contributed by atoms with E-state index in [2.05, 4.69) is 15.5 Å². The molecule has 8 nitrogen and oxygen atoms in total. The topological polar surface area (TPSA) is 98.9 Å². The van der Waals surface area contributed by atoms with Crippen molar-refractivity contribution >= 4 is 27.5 Å². The normalized spacial score (nSPS) is 12.2. The second-order valence-corrected chi connectivity index (χ2v) is 7.49. The average Bonchev–Trinajstić information content (AvgIpc) is 2.78. The summed E-state index contributed by atoms with van der Waals surface area (Å²) in [6.07, 6.45) is 2.25. The number of fused-ring (bicyclic) bond motifs is 2. The van der Waals surface area contributed by atoms with Gasteiger partial charge in [-0.2, -0.15) is 10.2 Å². The monoisotopic (exact) mass is 417 g/mol. The molecule has 1 atom stereocenters. The number of hydrogen-bond acceptors (Lipinski definition) is 5. The fraction of sp³-hybridized carbons (Fsp3) is 0.261. The van der Waals surface area contributed by atoms with Crippen LogP contribution in [0.2, 0.25) is 0 Å². The standard InChI is InChI=1S/C23H23N5O3/c1-3-17(13-27-22(30)19-10-5-4-8-16(19)12-24-27)25-21(29)14-28-23(31)20-11-7-6-9-18(20)15(2)26-28/h4-12,17H,3,13-14H2,1-2H3,(H,25,29)/t17-/m0/s1. The van der Waals surface area contributed by atoms with Crippen molar-refractivity contribution in [2.45, 2.75) is 39.4 Å². The molecule has 0 aliphatic rings. The molecule has 0 fully saturated rings. The predicted octanol–water partition coefficient (Wildman–Crippen LogP) is 2.01. The largest absolute Gasteiger partial charge is 0.350 e. The SMILES string of the molecule is CC[C@@H](Cn1ncc2ccccc2c1=O)NC(=O)Cn1nc(C)c2ccccc2c1=O. The van der Waals surface area contributed by atoms with E-state index < -0.39 is 0 Å².